The van der Waals surface area contributed by atoms with Crippen LogP contribution in [0.1, 0.15) is 12.6 Å². The van der Waals surface area contributed by atoms with Crippen LogP contribution in [0.2, 0.25) is 5.02 Å². The maximum absolute atomic E-state index is 12.3. The zero-order valence-corrected chi connectivity index (χ0v) is 15.0. The Morgan fingerprint density at radius 2 is 2.10 bits per heavy atom. The minimum Gasteiger partial charge on any atom is -0.363 e. The van der Waals surface area contributed by atoms with Crippen LogP contribution in [0.3, 0.4) is 0 Å². The molecule has 0 spiro atoms. The molecule has 0 atom stereocenters. The summed E-state index contributed by atoms with van der Waals surface area (Å²) in [5.41, 5.74) is 1.18. The molecule has 0 aliphatic heterocycles. The van der Waals surface area contributed by atoms with Gasteiger partial charge in [-0.3, -0.25) is 4.72 Å². The molecule has 0 saturated heterocycles. The largest absolute Gasteiger partial charge is 0.363 e. The van der Waals surface area contributed by atoms with Crippen LogP contribution in [0.25, 0.3) is 0 Å². The van der Waals surface area contributed by atoms with Gasteiger partial charge in [0.25, 0.3) is 10.0 Å². The lowest BCUT2D eigenvalue weighted by Gasteiger charge is -2.08. The van der Waals surface area contributed by atoms with E-state index in [-0.39, 0.29) is 4.90 Å². The summed E-state index contributed by atoms with van der Waals surface area (Å²) >= 11 is 8.16. The van der Waals surface area contributed by atoms with Crippen molar-refractivity contribution in [3.63, 3.8) is 0 Å². The monoisotopic (exact) mass is 439 g/mol. The van der Waals surface area contributed by atoms with E-state index in [0.717, 1.165) is 15.8 Å². The molecular formula is C13H15ClIN3O2S. The third-order valence-electron chi connectivity index (χ3n) is 2.77. The van der Waals surface area contributed by atoms with Crippen molar-refractivity contribution >= 4 is 49.9 Å². The molecule has 0 fully saturated rings. The summed E-state index contributed by atoms with van der Waals surface area (Å²) < 4.78 is 28.1. The molecule has 1 heterocycles. The van der Waals surface area contributed by atoms with E-state index < -0.39 is 10.0 Å². The summed E-state index contributed by atoms with van der Waals surface area (Å²) in [6, 6.07) is 6.74. The van der Waals surface area contributed by atoms with E-state index in [1.165, 1.54) is 6.20 Å². The number of nitrogens with one attached hydrogen (secondary N) is 3. The van der Waals surface area contributed by atoms with E-state index in [1.807, 2.05) is 6.92 Å². The van der Waals surface area contributed by atoms with E-state index >= 15 is 0 Å². The van der Waals surface area contributed by atoms with Gasteiger partial charge in [-0.25, -0.2) is 8.42 Å². The van der Waals surface area contributed by atoms with Crippen LogP contribution < -0.4 is 10.0 Å². The SMILES string of the molecule is CCNCc1cc(S(=O)(=O)Nc2ccc(I)cc2Cl)c[nH]1. The average molecular weight is 440 g/mol. The van der Waals surface area contributed by atoms with Gasteiger partial charge in [0.05, 0.1) is 10.7 Å². The summed E-state index contributed by atoms with van der Waals surface area (Å²) in [6.07, 6.45) is 1.47. The Morgan fingerprint density at radius 1 is 1.33 bits per heavy atom. The highest BCUT2D eigenvalue weighted by atomic mass is 127. The minimum absolute atomic E-state index is 0.185. The fourth-order valence-electron chi connectivity index (χ4n) is 1.71. The van der Waals surface area contributed by atoms with Gasteiger partial charge in [0, 0.05) is 22.0 Å². The summed E-state index contributed by atoms with van der Waals surface area (Å²) in [5.74, 6) is 0. The zero-order chi connectivity index (χ0) is 15.5. The van der Waals surface area contributed by atoms with Crippen molar-refractivity contribution < 1.29 is 8.42 Å². The zero-order valence-electron chi connectivity index (χ0n) is 11.3. The molecule has 0 unspecified atom stereocenters. The molecular weight excluding hydrogens is 425 g/mol. The minimum atomic E-state index is -3.65. The van der Waals surface area contributed by atoms with E-state index in [1.54, 1.807) is 24.3 Å². The van der Waals surface area contributed by atoms with Gasteiger partial charge in [-0.15, -0.1) is 0 Å². The number of hydrogen-bond acceptors (Lipinski definition) is 3. The Bertz CT molecular complexity index is 731. The van der Waals surface area contributed by atoms with Crippen molar-refractivity contribution in [1.82, 2.24) is 10.3 Å². The summed E-state index contributed by atoms with van der Waals surface area (Å²) in [7, 11) is -3.65. The molecule has 1 aromatic carbocycles. The number of hydrogen-bond donors (Lipinski definition) is 3. The molecule has 5 nitrogen and oxygen atoms in total. The third kappa shape index (κ3) is 4.35. The Kier molecular flexibility index (Phi) is 5.53. The van der Waals surface area contributed by atoms with Crippen LogP contribution in [0.15, 0.2) is 35.4 Å². The van der Waals surface area contributed by atoms with E-state index in [4.69, 9.17) is 11.6 Å². The molecule has 2 aromatic rings. The predicted octanol–water partition coefficient (Wildman–Crippen LogP) is 3.18. The fraction of sp³-hybridized carbons (Fsp3) is 0.231. The predicted molar refractivity (Wildman–Crippen MR) is 93.2 cm³/mol. The molecule has 8 heteroatoms. The van der Waals surface area contributed by atoms with Crippen molar-refractivity contribution in [3.05, 3.63) is 44.7 Å². The first-order valence-electron chi connectivity index (χ1n) is 6.28. The molecule has 114 valence electrons. The quantitative estimate of drug-likeness (QED) is 0.605. The molecule has 3 N–H and O–H groups in total. The Labute approximate surface area is 142 Å². The van der Waals surface area contributed by atoms with Crippen LogP contribution in [0.4, 0.5) is 5.69 Å². The van der Waals surface area contributed by atoms with E-state index in [0.29, 0.717) is 17.3 Å². The van der Waals surface area contributed by atoms with Gasteiger partial charge in [-0.2, -0.15) is 0 Å². The molecule has 0 saturated carbocycles. The van der Waals surface area contributed by atoms with Crippen LogP contribution in [0, 0.1) is 3.57 Å². The van der Waals surface area contributed by atoms with Gasteiger partial charge >= 0.3 is 0 Å². The van der Waals surface area contributed by atoms with Crippen molar-refractivity contribution in [1.29, 1.82) is 0 Å². The molecule has 0 aliphatic rings. The fourth-order valence-corrected chi connectivity index (χ4v) is 3.77. The number of sulfonamides is 1. The van der Waals surface area contributed by atoms with Crippen LogP contribution in [0.5, 0.6) is 0 Å². The highest BCUT2D eigenvalue weighted by Crippen LogP contribution is 2.26. The van der Waals surface area contributed by atoms with Crippen molar-refractivity contribution in [2.75, 3.05) is 11.3 Å². The van der Waals surface area contributed by atoms with Gasteiger partial charge < -0.3 is 10.3 Å². The maximum atomic E-state index is 12.3. The second-order valence-corrected chi connectivity index (χ2v) is 7.71. The molecule has 1 aromatic heterocycles. The first kappa shape index (κ1) is 16.6. The lowest BCUT2D eigenvalue weighted by atomic mass is 10.3. The standard InChI is InChI=1S/C13H15ClIN3O2S/c1-2-16-7-10-6-11(8-17-10)21(19,20)18-13-4-3-9(15)5-12(13)14/h3-6,8,16-18H,2,7H2,1H3. The molecule has 2 rings (SSSR count). The number of anilines is 1. The lowest BCUT2D eigenvalue weighted by molar-refractivity contribution is 0.601. The average Bonchev–Trinajstić information content (AvgIpc) is 2.89. The van der Waals surface area contributed by atoms with Gasteiger partial charge in [0.1, 0.15) is 4.90 Å². The Balaban J connectivity index is 2.19. The summed E-state index contributed by atoms with van der Waals surface area (Å²) in [4.78, 5) is 3.13. The number of halogens is 2. The molecule has 21 heavy (non-hydrogen) atoms. The number of aromatic amines is 1. The maximum Gasteiger partial charge on any atom is 0.263 e. The highest BCUT2D eigenvalue weighted by molar-refractivity contribution is 14.1. The summed E-state index contributed by atoms with van der Waals surface area (Å²) in [6.45, 7) is 3.40. The second-order valence-electron chi connectivity index (χ2n) is 4.37. The van der Waals surface area contributed by atoms with Gasteiger partial charge in [0.15, 0.2) is 0 Å². The second kappa shape index (κ2) is 6.99. The molecule has 0 radical (unpaired) electrons. The normalized spacial score (nSPS) is 11.6. The van der Waals surface area contributed by atoms with Gasteiger partial charge in [-0.1, -0.05) is 18.5 Å². The van der Waals surface area contributed by atoms with Gasteiger partial charge in [-0.05, 0) is 53.4 Å². The topological polar surface area (TPSA) is 74.0 Å². The van der Waals surface area contributed by atoms with Crippen molar-refractivity contribution in [2.45, 2.75) is 18.4 Å². The number of rotatable bonds is 6. The van der Waals surface area contributed by atoms with Crippen molar-refractivity contribution in [3.8, 4) is 0 Å². The number of H-pyrrole nitrogens is 1. The van der Waals surface area contributed by atoms with Crippen molar-refractivity contribution in [2.24, 2.45) is 0 Å². The smallest absolute Gasteiger partial charge is 0.263 e. The first-order chi connectivity index (χ1) is 9.92. The number of benzene rings is 1. The molecule has 0 amide bonds. The first-order valence-corrected chi connectivity index (χ1v) is 9.22. The van der Waals surface area contributed by atoms with E-state index in [9.17, 15) is 8.42 Å². The van der Waals surface area contributed by atoms with Gasteiger partial charge in [0.2, 0.25) is 0 Å². The van der Waals surface area contributed by atoms with Crippen LogP contribution in [-0.4, -0.2) is 19.9 Å². The summed E-state index contributed by atoms with van der Waals surface area (Å²) in [5, 5.41) is 3.50. The Morgan fingerprint density at radius 3 is 2.76 bits per heavy atom. The molecule has 0 aliphatic carbocycles. The van der Waals surface area contributed by atoms with Crippen LogP contribution >= 0.6 is 34.2 Å². The lowest BCUT2D eigenvalue weighted by Crippen LogP contribution is -2.13. The van der Waals surface area contributed by atoms with Crippen LogP contribution in [-0.2, 0) is 16.6 Å². The third-order valence-corrected chi connectivity index (χ3v) is 5.10. The van der Waals surface area contributed by atoms with E-state index in [2.05, 4.69) is 37.6 Å². The number of aromatic nitrogens is 1. The highest BCUT2D eigenvalue weighted by Gasteiger charge is 2.17. The molecule has 0 bridgehead atoms. The Hall–Kier alpha value is -0.770.